The number of hydrogen-bond donors (Lipinski definition) is 0. The van der Waals surface area contributed by atoms with Crippen molar-refractivity contribution in [2.45, 2.75) is 0 Å². The first kappa shape index (κ1) is 23.9. The summed E-state index contributed by atoms with van der Waals surface area (Å²) in [6.45, 7) is 0. The molecule has 0 atom stereocenters. The molecular formula is C40H23N3S. The molecule has 9 aromatic rings. The molecule has 0 amide bonds. The van der Waals surface area contributed by atoms with E-state index in [4.69, 9.17) is 9.97 Å². The highest BCUT2D eigenvalue weighted by Crippen LogP contribution is 2.47. The zero-order valence-electron chi connectivity index (χ0n) is 23.5. The summed E-state index contributed by atoms with van der Waals surface area (Å²) >= 11 is 1.85. The van der Waals surface area contributed by atoms with Gasteiger partial charge in [0, 0.05) is 43.6 Å². The maximum Gasteiger partial charge on any atom is 0.235 e. The van der Waals surface area contributed by atoms with Gasteiger partial charge in [-0.15, -0.1) is 11.3 Å². The van der Waals surface area contributed by atoms with Crippen molar-refractivity contribution in [3.8, 4) is 50.6 Å². The van der Waals surface area contributed by atoms with Gasteiger partial charge in [-0.1, -0.05) is 121 Å². The third-order valence-electron chi connectivity index (χ3n) is 9.06. The predicted molar refractivity (Wildman–Crippen MR) is 185 cm³/mol. The standard InChI is InChI=1S/C40H23N3S/c1-2-12-25-24(11-1)26-13-3-4-15-28(26)34-23-41-40(42-37(34)31-18-6-5-14-27(25)31)43-35-19-9-7-16-29(35)32-21-22-33-30-17-8-10-20-36(30)44-39(33)38(32)43/h1-23H. The lowest BCUT2D eigenvalue weighted by molar-refractivity contribution is 0.996. The second-order valence-electron chi connectivity index (χ2n) is 11.4. The Labute approximate surface area is 257 Å². The normalized spacial score (nSPS) is 12.1. The molecule has 0 bridgehead atoms. The van der Waals surface area contributed by atoms with E-state index in [0.717, 1.165) is 33.4 Å². The highest BCUT2D eigenvalue weighted by molar-refractivity contribution is 7.26. The molecule has 0 saturated heterocycles. The van der Waals surface area contributed by atoms with E-state index in [1.807, 2.05) is 17.5 Å². The van der Waals surface area contributed by atoms with Crippen molar-refractivity contribution >= 4 is 53.3 Å². The fourth-order valence-corrected chi connectivity index (χ4v) is 8.39. The number of rotatable bonds is 1. The minimum atomic E-state index is 0.682. The summed E-state index contributed by atoms with van der Waals surface area (Å²) in [5, 5.41) is 4.98. The largest absolute Gasteiger partial charge is 0.276 e. The smallest absolute Gasteiger partial charge is 0.235 e. The van der Waals surface area contributed by atoms with Crippen molar-refractivity contribution in [2.75, 3.05) is 0 Å². The minimum absolute atomic E-state index is 0.682. The molecule has 10 rings (SSSR count). The van der Waals surface area contributed by atoms with E-state index in [1.54, 1.807) is 0 Å². The van der Waals surface area contributed by atoms with E-state index in [0.29, 0.717) is 5.95 Å². The second kappa shape index (κ2) is 8.96. The van der Waals surface area contributed by atoms with Crippen LogP contribution in [0.3, 0.4) is 0 Å². The van der Waals surface area contributed by atoms with E-state index in [1.165, 1.54) is 53.2 Å². The molecule has 3 heterocycles. The van der Waals surface area contributed by atoms with Gasteiger partial charge in [0.15, 0.2) is 0 Å². The van der Waals surface area contributed by atoms with E-state index in [-0.39, 0.29) is 0 Å². The number of fused-ring (bicyclic) bond motifs is 15. The third kappa shape index (κ3) is 3.20. The summed E-state index contributed by atoms with van der Waals surface area (Å²) in [7, 11) is 0. The molecule has 3 aromatic heterocycles. The first-order chi connectivity index (χ1) is 21.8. The maximum absolute atomic E-state index is 5.49. The number of thiophene rings is 1. The summed E-state index contributed by atoms with van der Waals surface area (Å²) in [6.07, 6.45) is 2.03. The number of hydrogen-bond acceptors (Lipinski definition) is 3. The average molecular weight is 578 g/mol. The van der Waals surface area contributed by atoms with Gasteiger partial charge in [-0.2, -0.15) is 0 Å². The van der Waals surface area contributed by atoms with Crippen LogP contribution >= 0.6 is 11.3 Å². The van der Waals surface area contributed by atoms with Gasteiger partial charge in [0.1, 0.15) is 0 Å². The highest BCUT2D eigenvalue weighted by atomic mass is 32.1. The minimum Gasteiger partial charge on any atom is -0.276 e. The molecule has 1 aliphatic rings. The van der Waals surface area contributed by atoms with Crippen molar-refractivity contribution in [3.05, 3.63) is 140 Å². The van der Waals surface area contributed by atoms with Crippen molar-refractivity contribution in [2.24, 2.45) is 0 Å². The fourth-order valence-electron chi connectivity index (χ4n) is 7.15. The van der Waals surface area contributed by atoms with Crippen LogP contribution in [0, 0.1) is 0 Å². The maximum atomic E-state index is 5.49. The van der Waals surface area contributed by atoms with Crippen LogP contribution in [0.1, 0.15) is 0 Å². The number of benzene rings is 6. The second-order valence-corrected chi connectivity index (χ2v) is 12.4. The molecule has 44 heavy (non-hydrogen) atoms. The lowest BCUT2D eigenvalue weighted by Crippen LogP contribution is -2.05. The van der Waals surface area contributed by atoms with Crippen LogP contribution in [0.15, 0.2) is 140 Å². The van der Waals surface area contributed by atoms with Gasteiger partial charge in [-0.25, -0.2) is 9.97 Å². The summed E-state index contributed by atoms with van der Waals surface area (Å²) in [5.74, 6) is 0.682. The Bertz CT molecular complexity index is 2620. The molecule has 4 heteroatoms. The van der Waals surface area contributed by atoms with Gasteiger partial charge in [0.2, 0.25) is 5.95 Å². The molecular weight excluding hydrogens is 555 g/mol. The van der Waals surface area contributed by atoms with Crippen molar-refractivity contribution in [1.82, 2.24) is 14.5 Å². The van der Waals surface area contributed by atoms with Crippen LogP contribution in [0.25, 0.3) is 92.6 Å². The Kier molecular flexibility index (Phi) is 4.87. The number of nitrogens with zero attached hydrogens (tertiary/aromatic N) is 3. The zero-order chi connectivity index (χ0) is 28.8. The van der Waals surface area contributed by atoms with Gasteiger partial charge in [0.25, 0.3) is 0 Å². The van der Waals surface area contributed by atoms with Gasteiger partial charge in [-0.05, 0) is 39.9 Å². The lowest BCUT2D eigenvalue weighted by Gasteiger charge is -2.22. The monoisotopic (exact) mass is 577 g/mol. The third-order valence-corrected chi connectivity index (χ3v) is 10.3. The molecule has 0 N–H and O–H groups in total. The van der Waals surface area contributed by atoms with E-state index in [9.17, 15) is 0 Å². The number of para-hydroxylation sites is 1. The van der Waals surface area contributed by atoms with Crippen LogP contribution < -0.4 is 0 Å². The van der Waals surface area contributed by atoms with Gasteiger partial charge in [0.05, 0.1) is 21.4 Å². The van der Waals surface area contributed by atoms with Crippen LogP contribution in [0.4, 0.5) is 0 Å². The summed E-state index contributed by atoms with van der Waals surface area (Å²) in [4.78, 5) is 10.6. The molecule has 0 saturated carbocycles. The molecule has 0 unspecified atom stereocenters. The van der Waals surface area contributed by atoms with Crippen LogP contribution in [-0.4, -0.2) is 14.5 Å². The van der Waals surface area contributed by atoms with Crippen LogP contribution in [-0.2, 0) is 0 Å². The van der Waals surface area contributed by atoms with E-state index < -0.39 is 0 Å². The topological polar surface area (TPSA) is 30.7 Å². The Balaban J connectivity index is 1.34. The fraction of sp³-hybridized carbons (Fsp3) is 0. The molecule has 0 fully saturated rings. The molecule has 0 radical (unpaired) electrons. The Morgan fingerprint density at radius 2 is 1.00 bits per heavy atom. The first-order valence-corrected chi connectivity index (χ1v) is 15.7. The quantitative estimate of drug-likeness (QED) is 0.194. The predicted octanol–water partition coefficient (Wildman–Crippen LogP) is 10.9. The molecule has 0 spiro atoms. The Morgan fingerprint density at radius 3 is 1.73 bits per heavy atom. The SMILES string of the molecule is c1ccc2c(c1)-c1ccccc1-c1cnc(-n3c4ccccc4c4ccc5c6ccccc6sc5c43)nc1-c1ccccc1-2. The molecule has 204 valence electrons. The summed E-state index contributed by atoms with van der Waals surface area (Å²) in [5.41, 5.74) is 11.3. The van der Waals surface area contributed by atoms with Crippen LogP contribution in [0.2, 0.25) is 0 Å². The van der Waals surface area contributed by atoms with Crippen molar-refractivity contribution in [3.63, 3.8) is 0 Å². The van der Waals surface area contributed by atoms with E-state index >= 15 is 0 Å². The molecule has 0 aliphatic heterocycles. The highest BCUT2D eigenvalue weighted by Gasteiger charge is 2.25. The van der Waals surface area contributed by atoms with Gasteiger partial charge < -0.3 is 0 Å². The van der Waals surface area contributed by atoms with Gasteiger partial charge in [-0.3, -0.25) is 4.57 Å². The molecule has 3 nitrogen and oxygen atoms in total. The average Bonchev–Trinajstić information content (AvgIpc) is 3.64. The summed E-state index contributed by atoms with van der Waals surface area (Å²) < 4.78 is 4.83. The van der Waals surface area contributed by atoms with Crippen molar-refractivity contribution < 1.29 is 0 Å². The zero-order valence-corrected chi connectivity index (χ0v) is 24.3. The Hall–Kier alpha value is -5.58. The molecule has 1 aliphatic carbocycles. The van der Waals surface area contributed by atoms with Crippen LogP contribution in [0.5, 0.6) is 0 Å². The number of aromatic nitrogens is 3. The summed E-state index contributed by atoms with van der Waals surface area (Å²) in [6, 6.07) is 47.8. The van der Waals surface area contributed by atoms with Crippen molar-refractivity contribution in [1.29, 1.82) is 0 Å². The van der Waals surface area contributed by atoms with Gasteiger partial charge >= 0.3 is 0 Å². The lowest BCUT2D eigenvalue weighted by atomic mass is 9.83. The first-order valence-electron chi connectivity index (χ1n) is 14.8. The Morgan fingerprint density at radius 1 is 0.455 bits per heavy atom. The molecule has 6 aromatic carbocycles. The van der Waals surface area contributed by atoms with E-state index in [2.05, 4.69) is 138 Å².